The molecule has 1 aliphatic heterocycles. The molecular weight excluding hydrogens is 364 g/mol. The average molecular weight is 379 g/mol. The van der Waals surface area contributed by atoms with E-state index < -0.39 is 41.4 Å². The number of hydrogen-bond acceptors (Lipinski definition) is 7. The van der Waals surface area contributed by atoms with Gasteiger partial charge in [-0.3, -0.25) is 4.79 Å². The maximum absolute atomic E-state index is 14.5. The van der Waals surface area contributed by atoms with Crippen LogP contribution < -0.4 is 15.9 Å². The molecule has 0 spiro atoms. The first-order valence-corrected chi connectivity index (χ1v) is 7.94. The molecule has 2 aromatic rings. The van der Waals surface area contributed by atoms with E-state index in [1.807, 2.05) is 0 Å². The van der Waals surface area contributed by atoms with Gasteiger partial charge in [0.2, 0.25) is 17.1 Å². The SMILES string of the molecule is CCOC(=O)C1=C(N)Oc2c(oc(CO)cc2=O)[C@H]1c1cc(F)ccc1F. The lowest BCUT2D eigenvalue weighted by Gasteiger charge is -2.27. The Bertz CT molecular complexity index is 998. The van der Waals surface area contributed by atoms with Gasteiger partial charge in [0.05, 0.1) is 12.5 Å². The van der Waals surface area contributed by atoms with Gasteiger partial charge in [-0.05, 0) is 25.1 Å². The van der Waals surface area contributed by atoms with Crippen LogP contribution in [0.1, 0.15) is 29.9 Å². The Morgan fingerprint density at radius 3 is 2.74 bits per heavy atom. The van der Waals surface area contributed by atoms with E-state index in [9.17, 15) is 23.5 Å². The Kier molecular flexibility index (Phi) is 4.95. The predicted molar refractivity (Wildman–Crippen MR) is 87.6 cm³/mol. The number of aliphatic hydroxyl groups is 1. The maximum Gasteiger partial charge on any atom is 0.340 e. The van der Waals surface area contributed by atoms with Crippen LogP contribution in [-0.4, -0.2) is 17.7 Å². The second kappa shape index (κ2) is 7.20. The van der Waals surface area contributed by atoms with Crippen molar-refractivity contribution < 1.29 is 32.6 Å². The summed E-state index contributed by atoms with van der Waals surface area (Å²) >= 11 is 0. The van der Waals surface area contributed by atoms with Crippen LogP contribution in [0.2, 0.25) is 0 Å². The zero-order valence-corrected chi connectivity index (χ0v) is 14.1. The molecule has 1 aromatic heterocycles. The van der Waals surface area contributed by atoms with Gasteiger partial charge in [-0.1, -0.05) is 0 Å². The number of rotatable bonds is 4. The lowest BCUT2D eigenvalue weighted by molar-refractivity contribution is -0.139. The second-order valence-corrected chi connectivity index (χ2v) is 5.63. The molecule has 0 aliphatic carbocycles. The van der Waals surface area contributed by atoms with Crippen LogP contribution in [0.25, 0.3) is 0 Å². The fraction of sp³-hybridized carbons (Fsp3) is 0.222. The first kappa shape index (κ1) is 18.6. The molecule has 3 rings (SSSR count). The zero-order chi connectivity index (χ0) is 19.7. The van der Waals surface area contributed by atoms with Gasteiger partial charge in [0.25, 0.3) is 0 Å². The summed E-state index contributed by atoms with van der Waals surface area (Å²) in [7, 11) is 0. The Morgan fingerprint density at radius 1 is 1.33 bits per heavy atom. The van der Waals surface area contributed by atoms with Crippen LogP contribution >= 0.6 is 0 Å². The van der Waals surface area contributed by atoms with Crippen LogP contribution in [0.15, 0.2) is 44.9 Å². The second-order valence-electron chi connectivity index (χ2n) is 5.63. The normalized spacial score (nSPS) is 15.9. The molecule has 3 N–H and O–H groups in total. The summed E-state index contributed by atoms with van der Waals surface area (Å²) in [6, 6.07) is 3.59. The van der Waals surface area contributed by atoms with E-state index in [4.69, 9.17) is 19.6 Å². The van der Waals surface area contributed by atoms with Gasteiger partial charge < -0.3 is 24.7 Å². The number of ether oxygens (including phenoxy) is 2. The molecule has 1 aromatic carbocycles. The summed E-state index contributed by atoms with van der Waals surface area (Å²) < 4.78 is 43.9. The van der Waals surface area contributed by atoms with E-state index in [0.717, 1.165) is 24.3 Å². The number of esters is 1. The number of fused-ring (bicyclic) bond motifs is 1. The average Bonchev–Trinajstić information content (AvgIpc) is 2.63. The third-order valence-corrected chi connectivity index (χ3v) is 3.93. The molecule has 1 atom stereocenters. The molecule has 0 amide bonds. The lowest BCUT2D eigenvalue weighted by Crippen LogP contribution is -2.30. The van der Waals surface area contributed by atoms with Crippen LogP contribution in [0.3, 0.4) is 0 Å². The minimum Gasteiger partial charge on any atom is -0.462 e. The van der Waals surface area contributed by atoms with E-state index >= 15 is 0 Å². The van der Waals surface area contributed by atoms with Crippen LogP contribution in [0.5, 0.6) is 5.75 Å². The Balaban J connectivity index is 2.33. The summed E-state index contributed by atoms with van der Waals surface area (Å²) in [5, 5.41) is 9.29. The number of hydrogen-bond donors (Lipinski definition) is 2. The smallest absolute Gasteiger partial charge is 0.340 e. The molecule has 0 saturated carbocycles. The lowest BCUT2D eigenvalue weighted by atomic mass is 9.86. The third-order valence-electron chi connectivity index (χ3n) is 3.93. The van der Waals surface area contributed by atoms with Crippen molar-refractivity contribution >= 4 is 5.97 Å². The van der Waals surface area contributed by atoms with Gasteiger partial charge in [0, 0.05) is 11.6 Å². The summed E-state index contributed by atoms with van der Waals surface area (Å²) in [5.74, 6) is -5.27. The van der Waals surface area contributed by atoms with Crippen molar-refractivity contribution in [1.29, 1.82) is 0 Å². The molecule has 142 valence electrons. The molecule has 0 radical (unpaired) electrons. The van der Waals surface area contributed by atoms with Crippen molar-refractivity contribution in [2.75, 3.05) is 6.61 Å². The van der Waals surface area contributed by atoms with Gasteiger partial charge >= 0.3 is 5.97 Å². The van der Waals surface area contributed by atoms with Crippen molar-refractivity contribution in [1.82, 2.24) is 0 Å². The Hall–Kier alpha value is -3.20. The highest BCUT2D eigenvalue weighted by molar-refractivity contribution is 5.92. The van der Waals surface area contributed by atoms with Gasteiger partial charge in [0.1, 0.15) is 29.6 Å². The van der Waals surface area contributed by atoms with Crippen molar-refractivity contribution in [3.8, 4) is 5.75 Å². The van der Waals surface area contributed by atoms with E-state index in [1.54, 1.807) is 6.92 Å². The van der Waals surface area contributed by atoms with Crippen molar-refractivity contribution in [2.45, 2.75) is 19.4 Å². The molecule has 0 fully saturated rings. The fourth-order valence-electron chi connectivity index (χ4n) is 2.82. The van der Waals surface area contributed by atoms with Crippen LogP contribution in [-0.2, 0) is 16.1 Å². The van der Waals surface area contributed by atoms with Gasteiger partial charge in [-0.15, -0.1) is 0 Å². The summed E-state index contributed by atoms with van der Waals surface area (Å²) in [6.07, 6.45) is 0. The van der Waals surface area contributed by atoms with Gasteiger partial charge in [0.15, 0.2) is 5.76 Å². The molecule has 0 saturated heterocycles. The van der Waals surface area contributed by atoms with E-state index in [0.29, 0.717) is 0 Å². The monoisotopic (exact) mass is 379 g/mol. The molecule has 1 aliphatic rings. The number of halogens is 2. The van der Waals surface area contributed by atoms with Crippen LogP contribution in [0, 0.1) is 11.6 Å². The molecular formula is C18H15F2NO6. The quantitative estimate of drug-likeness (QED) is 0.777. The first-order chi connectivity index (χ1) is 12.9. The number of nitrogens with two attached hydrogens (primary N) is 1. The predicted octanol–water partition coefficient (Wildman–Crippen LogP) is 1.67. The van der Waals surface area contributed by atoms with E-state index in [-0.39, 0.29) is 35.0 Å². The van der Waals surface area contributed by atoms with Crippen molar-refractivity contribution in [2.24, 2.45) is 5.73 Å². The standard InChI is InChI=1S/C18H15F2NO6/c1-2-25-18(24)14-13(10-5-8(19)3-4-11(10)20)16-15(27-17(14)21)12(23)6-9(7-22)26-16/h3-6,13,22H,2,7,21H2,1H3/t13-/m0/s1. The summed E-state index contributed by atoms with van der Waals surface area (Å²) in [6.45, 7) is 0.907. The summed E-state index contributed by atoms with van der Waals surface area (Å²) in [4.78, 5) is 24.7. The maximum atomic E-state index is 14.5. The van der Waals surface area contributed by atoms with Gasteiger partial charge in [-0.2, -0.15) is 0 Å². The van der Waals surface area contributed by atoms with Gasteiger partial charge in [-0.25, -0.2) is 13.6 Å². The largest absolute Gasteiger partial charge is 0.462 e. The van der Waals surface area contributed by atoms with Crippen LogP contribution in [0.4, 0.5) is 8.78 Å². The first-order valence-electron chi connectivity index (χ1n) is 7.94. The number of aliphatic hydroxyl groups excluding tert-OH is 1. The van der Waals surface area contributed by atoms with E-state index in [2.05, 4.69) is 0 Å². The minimum atomic E-state index is -1.40. The Labute approximate surface area is 151 Å². The molecule has 7 nitrogen and oxygen atoms in total. The molecule has 27 heavy (non-hydrogen) atoms. The number of benzene rings is 1. The van der Waals surface area contributed by atoms with E-state index in [1.165, 1.54) is 0 Å². The van der Waals surface area contributed by atoms with Crippen molar-refractivity contribution in [3.05, 3.63) is 74.7 Å². The molecule has 2 heterocycles. The Morgan fingerprint density at radius 2 is 2.07 bits per heavy atom. The third kappa shape index (κ3) is 3.28. The molecule has 0 unspecified atom stereocenters. The number of carbonyl (C=O) groups is 1. The highest BCUT2D eigenvalue weighted by atomic mass is 19.1. The van der Waals surface area contributed by atoms with Crippen molar-refractivity contribution in [3.63, 3.8) is 0 Å². The molecule has 0 bridgehead atoms. The molecule has 9 heteroatoms. The minimum absolute atomic E-state index is 0.0124. The highest BCUT2D eigenvalue weighted by Crippen LogP contribution is 2.42. The number of carbonyl (C=O) groups excluding carboxylic acids is 1. The highest BCUT2D eigenvalue weighted by Gasteiger charge is 2.40. The fourth-order valence-corrected chi connectivity index (χ4v) is 2.82. The zero-order valence-electron chi connectivity index (χ0n) is 14.1. The summed E-state index contributed by atoms with van der Waals surface area (Å²) in [5.41, 5.74) is 4.45. The topological polar surface area (TPSA) is 112 Å².